The van der Waals surface area contributed by atoms with E-state index in [0.29, 0.717) is 6.61 Å². The van der Waals surface area contributed by atoms with Crippen molar-refractivity contribution >= 4 is 30.0 Å². The lowest BCUT2D eigenvalue weighted by Crippen LogP contribution is -2.11. The largest absolute Gasteiger partial charge is 0.450 e. The molecule has 0 bridgehead atoms. The van der Waals surface area contributed by atoms with Crippen molar-refractivity contribution in [3.05, 3.63) is 24.3 Å². The van der Waals surface area contributed by atoms with Crippen LogP contribution in [0.2, 0.25) is 0 Å². The quantitative estimate of drug-likeness (QED) is 0.381. The minimum absolute atomic E-state index is 0.356. The molecule has 9 nitrogen and oxygen atoms in total. The zero-order valence-corrected chi connectivity index (χ0v) is 10.4. The maximum atomic E-state index is 9.92. The van der Waals surface area contributed by atoms with Crippen LogP contribution >= 0.6 is 0 Å². The predicted molar refractivity (Wildman–Crippen MR) is 61.7 cm³/mol. The van der Waals surface area contributed by atoms with Crippen molar-refractivity contribution in [2.45, 2.75) is 6.92 Å². The molecule has 0 saturated carbocycles. The van der Waals surface area contributed by atoms with Gasteiger partial charge in [-0.2, -0.15) is 0 Å². The Morgan fingerprint density at radius 3 is 1.30 bits per heavy atom. The van der Waals surface area contributed by atoms with Crippen molar-refractivity contribution in [1.29, 1.82) is 0 Å². The topological polar surface area (TPSA) is 139 Å². The van der Waals surface area contributed by atoms with Gasteiger partial charge in [-0.3, -0.25) is 0 Å². The molecule has 20 heavy (non-hydrogen) atoms. The average Bonchev–Trinajstić information content (AvgIpc) is 2.89. The Morgan fingerprint density at radius 2 is 1.25 bits per heavy atom. The summed E-state index contributed by atoms with van der Waals surface area (Å²) in [5, 5.41) is 0. The highest BCUT2D eigenvalue weighted by Gasteiger charge is 2.10. The third-order valence-electron chi connectivity index (χ3n) is 1.40. The molecule has 9 heteroatoms. The molecular weight excluding hydrogens is 274 g/mol. The van der Waals surface area contributed by atoms with Crippen LogP contribution in [0.15, 0.2) is 24.3 Å². The summed E-state index contributed by atoms with van der Waals surface area (Å²) in [7, 11) is 0. The molecule has 0 aromatic rings. The molecule has 2 N–H and O–H groups in total. The number of hydrogen-bond acceptors (Lipinski definition) is 8. The molecule has 0 fully saturated rings. The first-order valence-corrected chi connectivity index (χ1v) is 5.15. The number of ether oxygens (including phenoxy) is 3. The van der Waals surface area contributed by atoms with Gasteiger partial charge in [0.15, 0.2) is 0 Å². The Bertz CT molecular complexity index is 409. The van der Waals surface area contributed by atoms with Crippen LogP contribution in [0.25, 0.3) is 0 Å². The minimum atomic E-state index is -0.711. The number of nitrogens with two attached hydrogens (primary N) is 1. The number of cyclic esters (lactones) is 4. The van der Waals surface area contributed by atoms with Gasteiger partial charge in [0, 0.05) is 24.3 Å². The van der Waals surface area contributed by atoms with Gasteiger partial charge in [0.2, 0.25) is 0 Å². The molecular formula is C11H11NO8. The van der Waals surface area contributed by atoms with Crippen LogP contribution in [-0.2, 0) is 33.4 Å². The van der Waals surface area contributed by atoms with E-state index in [2.05, 4.69) is 19.9 Å². The standard InChI is InChI=1S/2C4H2O3.C3H7NO2/c2*5-3-1-2-4(6)7-3;1-2-6-3(4)5/h2*1-2H;2H2,1H3,(H2,4,5). The number of rotatable bonds is 1. The van der Waals surface area contributed by atoms with Gasteiger partial charge >= 0.3 is 30.0 Å². The number of esters is 4. The Morgan fingerprint density at radius 1 is 0.950 bits per heavy atom. The van der Waals surface area contributed by atoms with Crippen molar-refractivity contribution in [2.24, 2.45) is 5.73 Å². The van der Waals surface area contributed by atoms with Gasteiger partial charge in [0.1, 0.15) is 0 Å². The SMILES string of the molecule is CCOC(N)=O.O=C1C=CC(=O)O1.O=C1C=CC(=O)O1. The maximum Gasteiger partial charge on any atom is 0.404 e. The van der Waals surface area contributed by atoms with Crippen molar-refractivity contribution in [3.63, 3.8) is 0 Å². The van der Waals surface area contributed by atoms with Crippen LogP contribution in [-0.4, -0.2) is 36.6 Å². The van der Waals surface area contributed by atoms with Crippen molar-refractivity contribution < 1.29 is 38.2 Å². The molecule has 0 spiro atoms. The van der Waals surface area contributed by atoms with E-state index in [9.17, 15) is 24.0 Å². The van der Waals surface area contributed by atoms with Gasteiger partial charge in [0.25, 0.3) is 0 Å². The van der Waals surface area contributed by atoms with E-state index in [-0.39, 0.29) is 0 Å². The number of carbonyl (C=O) groups is 5. The predicted octanol–water partition coefficient (Wildman–Crippen LogP) is -0.646. The van der Waals surface area contributed by atoms with Crippen LogP contribution in [0.3, 0.4) is 0 Å². The summed E-state index contributed by atoms with van der Waals surface area (Å²) in [5.41, 5.74) is 4.54. The first kappa shape index (κ1) is 17.0. The molecule has 0 aromatic carbocycles. The Labute approximate surface area is 112 Å². The zero-order valence-electron chi connectivity index (χ0n) is 10.4. The fraction of sp³-hybridized carbons (Fsp3) is 0.182. The molecule has 108 valence electrons. The van der Waals surface area contributed by atoms with Gasteiger partial charge in [-0.05, 0) is 6.92 Å². The van der Waals surface area contributed by atoms with E-state index in [1.54, 1.807) is 6.92 Å². The molecule has 0 unspecified atom stereocenters. The first-order chi connectivity index (χ1) is 9.35. The normalized spacial score (nSPS) is 14.7. The zero-order chi connectivity index (χ0) is 15.5. The number of amides is 1. The van der Waals surface area contributed by atoms with Gasteiger partial charge < -0.3 is 19.9 Å². The number of carbonyl (C=O) groups excluding carboxylic acids is 5. The molecule has 0 aliphatic carbocycles. The molecule has 0 saturated heterocycles. The second-order valence-corrected chi connectivity index (χ2v) is 2.90. The third kappa shape index (κ3) is 9.10. The van der Waals surface area contributed by atoms with Crippen molar-refractivity contribution in [2.75, 3.05) is 6.61 Å². The molecule has 2 rings (SSSR count). The fourth-order valence-electron chi connectivity index (χ4n) is 0.749. The molecule has 1 amide bonds. The highest BCUT2D eigenvalue weighted by Crippen LogP contribution is 1.93. The van der Waals surface area contributed by atoms with E-state index < -0.39 is 30.0 Å². The van der Waals surface area contributed by atoms with Crippen LogP contribution in [0, 0.1) is 0 Å². The van der Waals surface area contributed by atoms with Gasteiger partial charge in [-0.25, -0.2) is 24.0 Å². The Hall–Kier alpha value is -2.97. The summed E-state index contributed by atoms with van der Waals surface area (Å²) in [4.78, 5) is 49.3. The third-order valence-corrected chi connectivity index (χ3v) is 1.40. The lowest BCUT2D eigenvalue weighted by Gasteiger charge is -1.89. The molecule has 2 aliphatic rings. The lowest BCUT2D eigenvalue weighted by atomic mass is 10.6. The van der Waals surface area contributed by atoms with Crippen LogP contribution < -0.4 is 5.73 Å². The molecule has 0 atom stereocenters. The van der Waals surface area contributed by atoms with E-state index in [0.717, 1.165) is 24.3 Å². The summed E-state index contributed by atoms with van der Waals surface area (Å²) in [6.07, 6.45) is 3.63. The van der Waals surface area contributed by atoms with Gasteiger partial charge in [0.05, 0.1) is 6.61 Å². The highest BCUT2D eigenvalue weighted by molar-refractivity contribution is 6.05. The lowest BCUT2D eigenvalue weighted by molar-refractivity contribution is -0.151. The van der Waals surface area contributed by atoms with Crippen molar-refractivity contribution in [3.8, 4) is 0 Å². The molecule has 2 heterocycles. The van der Waals surface area contributed by atoms with E-state index in [4.69, 9.17) is 0 Å². The van der Waals surface area contributed by atoms with Gasteiger partial charge in [-0.1, -0.05) is 0 Å². The number of hydrogen-bond donors (Lipinski definition) is 1. The van der Waals surface area contributed by atoms with Crippen LogP contribution in [0.1, 0.15) is 6.92 Å². The van der Waals surface area contributed by atoms with Crippen LogP contribution in [0.5, 0.6) is 0 Å². The van der Waals surface area contributed by atoms with Crippen LogP contribution in [0.4, 0.5) is 4.79 Å². The summed E-state index contributed by atoms with van der Waals surface area (Å²) in [5.74, 6) is -2.31. The molecule has 0 radical (unpaired) electrons. The van der Waals surface area contributed by atoms with E-state index in [1.165, 1.54) is 0 Å². The second-order valence-electron chi connectivity index (χ2n) is 2.90. The smallest absolute Gasteiger partial charge is 0.404 e. The molecule has 2 aliphatic heterocycles. The van der Waals surface area contributed by atoms with Gasteiger partial charge in [-0.15, -0.1) is 0 Å². The minimum Gasteiger partial charge on any atom is -0.450 e. The summed E-state index contributed by atoms with van der Waals surface area (Å²) < 4.78 is 12.1. The van der Waals surface area contributed by atoms with E-state index in [1.807, 2.05) is 0 Å². The Kier molecular flexibility index (Phi) is 7.69. The Balaban J connectivity index is 0.000000272. The highest BCUT2D eigenvalue weighted by atomic mass is 16.6. The second kappa shape index (κ2) is 9.03. The summed E-state index contributed by atoms with van der Waals surface area (Å²) in [6.45, 7) is 2.06. The maximum absolute atomic E-state index is 9.92. The first-order valence-electron chi connectivity index (χ1n) is 5.15. The van der Waals surface area contributed by atoms with Crippen molar-refractivity contribution in [1.82, 2.24) is 0 Å². The molecule has 0 aromatic heterocycles. The fourth-order valence-corrected chi connectivity index (χ4v) is 0.749. The summed E-state index contributed by atoms with van der Waals surface area (Å²) in [6, 6.07) is 0. The van der Waals surface area contributed by atoms with E-state index >= 15 is 0 Å². The number of primary amides is 1. The average molecular weight is 285 g/mol. The monoisotopic (exact) mass is 285 g/mol. The summed E-state index contributed by atoms with van der Waals surface area (Å²) >= 11 is 0.